The Balaban J connectivity index is 2.27. The van der Waals surface area contributed by atoms with Crippen molar-refractivity contribution in [2.24, 2.45) is 5.10 Å². The van der Waals surface area contributed by atoms with Crippen LogP contribution in [0.25, 0.3) is 0 Å². The number of carbonyl (C=O) groups is 1. The molecule has 0 spiro atoms. The first-order valence-electron chi connectivity index (χ1n) is 6.54. The average Bonchev–Trinajstić information content (AvgIpc) is 2.55. The Kier molecular flexibility index (Phi) is 4.98. The highest BCUT2D eigenvalue weighted by Gasteiger charge is 2.23. The number of nitrogens with one attached hydrogen (secondary N) is 1. The average molecular weight is 348 g/mol. The van der Waals surface area contributed by atoms with E-state index >= 15 is 0 Å². The summed E-state index contributed by atoms with van der Waals surface area (Å²) in [6.45, 7) is 0. The second-order valence-corrected chi connectivity index (χ2v) is 4.63. The van der Waals surface area contributed by atoms with Gasteiger partial charge in [-0.1, -0.05) is 6.07 Å². The van der Waals surface area contributed by atoms with Crippen molar-refractivity contribution < 1.29 is 24.1 Å². The maximum absolute atomic E-state index is 13.0. The molecule has 0 fully saturated rings. The van der Waals surface area contributed by atoms with E-state index in [1.54, 1.807) is 0 Å². The number of benzene rings is 2. The highest BCUT2D eigenvalue weighted by atomic mass is 19.1. The van der Waals surface area contributed by atoms with E-state index in [4.69, 9.17) is 0 Å². The summed E-state index contributed by atoms with van der Waals surface area (Å²) in [6.07, 6.45) is 0.798. The monoisotopic (exact) mass is 348 g/mol. The van der Waals surface area contributed by atoms with Crippen LogP contribution in [-0.4, -0.2) is 27.1 Å². The van der Waals surface area contributed by atoms with Gasteiger partial charge in [0.1, 0.15) is 5.82 Å². The molecule has 10 nitrogen and oxygen atoms in total. The zero-order chi connectivity index (χ0) is 18.6. The molecule has 0 heterocycles. The molecule has 0 saturated carbocycles. The van der Waals surface area contributed by atoms with E-state index in [-0.39, 0.29) is 11.1 Å². The van der Waals surface area contributed by atoms with E-state index in [0.29, 0.717) is 6.07 Å². The fraction of sp³-hybridized carbons (Fsp3) is 0. The number of aromatic hydroxyl groups is 1. The molecule has 0 aromatic heterocycles. The van der Waals surface area contributed by atoms with E-state index in [9.17, 15) is 34.5 Å². The number of hydrazone groups is 1. The van der Waals surface area contributed by atoms with Gasteiger partial charge in [-0.05, 0) is 18.2 Å². The highest BCUT2D eigenvalue weighted by molar-refractivity contribution is 5.95. The quantitative estimate of drug-likeness (QED) is 0.480. The van der Waals surface area contributed by atoms with Crippen molar-refractivity contribution in [3.8, 4) is 5.75 Å². The van der Waals surface area contributed by atoms with Crippen molar-refractivity contribution in [1.82, 2.24) is 5.43 Å². The molecule has 2 rings (SSSR count). The molecule has 1 amide bonds. The first-order chi connectivity index (χ1) is 11.8. The molecule has 0 aliphatic rings. The molecule has 2 aromatic rings. The minimum atomic E-state index is -0.995. The molecule has 0 radical (unpaired) electrons. The summed E-state index contributed by atoms with van der Waals surface area (Å²) in [4.78, 5) is 31.5. The fourth-order valence-electron chi connectivity index (χ4n) is 1.82. The van der Waals surface area contributed by atoms with Crippen LogP contribution in [0.3, 0.4) is 0 Å². The van der Waals surface area contributed by atoms with Gasteiger partial charge in [-0.3, -0.25) is 25.0 Å². The molecule has 2 aromatic carbocycles. The van der Waals surface area contributed by atoms with Crippen LogP contribution in [0, 0.1) is 26.0 Å². The number of hydrogen-bond donors (Lipinski definition) is 2. The number of phenols is 1. The molecule has 11 heteroatoms. The Morgan fingerprint density at radius 3 is 2.52 bits per heavy atom. The van der Waals surface area contributed by atoms with Crippen molar-refractivity contribution in [3.05, 3.63) is 73.6 Å². The third-order valence-corrected chi connectivity index (χ3v) is 2.97. The number of halogens is 1. The van der Waals surface area contributed by atoms with Crippen LogP contribution in [0.2, 0.25) is 0 Å². The number of amides is 1. The van der Waals surface area contributed by atoms with Crippen LogP contribution in [0.1, 0.15) is 15.9 Å². The van der Waals surface area contributed by atoms with E-state index in [2.05, 4.69) is 5.10 Å². The molecular weight excluding hydrogens is 339 g/mol. The number of non-ortho nitro benzene ring substituents is 1. The Morgan fingerprint density at radius 1 is 1.20 bits per heavy atom. The van der Waals surface area contributed by atoms with Crippen molar-refractivity contribution in [3.63, 3.8) is 0 Å². The molecular formula is C14H9FN4O6. The number of carbonyl (C=O) groups excluding carboxylic acids is 1. The van der Waals surface area contributed by atoms with Crippen molar-refractivity contribution >= 4 is 23.5 Å². The van der Waals surface area contributed by atoms with Gasteiger partial charge < -0.3 is 5.11 Å². The molecule has 0 aliphatic carbocycles. The van der Waals surface area contributed by atoms with E-state index in [1.807, 2.05) is 5.43 Å². The highest BCUT2D eigenvalue weighted by Crippen LogP contribution is 2.33. The van der Waals surface area contributed by atoms with Gasteiger partial charge in [0.25, 0.3) is 11.6 Å². The number of nitrogens with zero attached hydrogens (tertiary/aromatic N) is 3. The molecule has 0 aliphatic heterocycles. The van der Waals surface area contributed by atoms with Gasteiger partial charge in [-0.2, -0.15) is 5.10 Å². The van der Waals surface area contributed by atoms with Crippen molar-refractivity contribution in [2.45, 2.75) is 0 Å². The Bertz CT molecular complexity index is 899. The van der Waals surface area contributed by atoms with E-state index < -0.39 is 38.7 Å². The topological polar surface area (TPSA) is 148 Å². The lowest BCUT2D eigenvalue weighted by Crippen LogP contribution is -2.17. The first kappa shape index (κ1) is 17.5. The maximum Gasteiger partial charge on any atom is 0.318 e. The summed E-state index contributed by atoms with van der Waals surface area (Å²) in [5, 5.41) is 34.8. The minimum absolute atomic E-state index is 0.0357. The molecule has 0 bridgehead atoms. The van der Waals surface area contributed by atoms with Crippen LogP contribution in [0.15, 0.2) is 41.5 Å². The van der Waals surface area contributed by atoms with Gasteiger partial charge in [0.05, 0.1) is 27.7 Å². The van der Waals surface area contributed by atoms with Crippen LogP contribution >= 0.6 is 0 Å². The number of hydrogen-bond acceptors (Lipinski definition) is 7. The molecule has 2 N–H and O–H groups in total. The summed E-state index contributed by atoms with van der Waals surface area (Å²) in [7, 11) is 0. The summed E-state index contributed by atoms with van der Waals surface area (Å²) in [5.41, 5.74) is 0.111. The fourth-order valence-corrected chi connectivity index (χ4v) is 1.82. The third kappa shape index (κ3) is 4.10. The minimum Gasteiger partial charge on any atom is -0.502 e. The molecule has 0 saturated heterocycles. The summed E-state index contributed by atoms with van der Waals surface area (Å²) < 4.78 is 13.0. The summed E-state index contributed by atoms with van der Waals surface area (Å²) in [6, 6.07) is 6.17. The normalized spacial score (nSPS) is 10.6. The Hall–Kier alpha value is -3.89. The van der Waals surface area contributed by atoms with Gasteiger partial charge in [0.2, 0.25) is 5.75 Å². The smallest absolute Gasteiger partial charge is 0.318 e. The molecule has 0 atom stereocenters. The van der Waals surface area contributed by atoms with Gasteiger partial charge in [0.15, 0.2) is 0 Å². The third-order valence-electron chi connectivity index (χ3n) is 2.97. The lowest BCUT2D eigenvalue weighted by atomic mass is 10.1. The maximum atomic E-state index is 13.0. The van der Waals surface area contributed by atoms with Gasteiger partial charge in [-0.25, -0.2) is 9.82 Å². The second-order valence-electron chi connectivity index (χ2n) is 4.63. The number of nitro benzene ring substituents is 2. The SMILES string of the molecule is O=C(N/N=C\c1cc([N+](=O)[O-])cc([N+](=O)[O-])c1O)c1cccc(F)c1. The Labute approximate surface area is 138 Å². The zero-order valence-electron chi connectivity index (χ0n) is 12.2. The summed E-state index contributed by atoms with van der Waals surface area (Å²) >= 11 is 0. The van der Waals surface area contributed by atoms with Gasteiger partial charge >= 0.3 is 5.69 Å². The van der Waals surface area contributed by atoms with E-state index in [1.165, 1.54) is 12.1 Å². The van der Waals surface area contributed by atoms with Crippen LogP contribution in [-0.2, 0) is 0 Å². The molecule has 0 unspecified atom stereocenters. The van der Waals surface area contributed by atoms with Crippen molar-refractivity contribution in [2.75, 3.05) is 0 Å². The zero-order valence-corrected chi connectivity index (χ0v) is 12.2. The van der Waals surface area contributed by atoms with Gasteiger partial charge in [0, 0.05) is 11.6 Å². The summed E-state index contributed by atoms with van der Waals surface area (Å²) in [5.74, 6) is -2.27. The standard InChI is InChI=1S/C14H9FN4O6/c15-10-3-1-2-8(4-10)14(21)17-16-7-9-5-11(18(22)23)6-12(13(9)20)19(24)25/h1-7,20H,(H,17,21)/b16-7-. The predicted molar refractivity (Wildman–Crippen MR) is 82.9 cm³/mol. The molecule has 128 valence electrons. The van der Waals surface area contributed by atoms with Crippen LogP contribution in [0.5, 0.6) is 5.75 Å². The largest absolute Gasteiger partial charge is 0.502 e. The first-order valence-corrected chi connectivity index (χ1v) is 6.54. The second kappa shape index (κ2) is 7.12. The molecule has 25 heavy (non-hydrogen) atoms. The lowest BCUT2D eigenvalue weighted by Gasteiger charge is -2.02. The number of phenolic OH excluding ortho intramolecular Hbond substituents is 1. The Morgan fingerprint density at radius 2 is 1.92 bits per heavy atom. The van der Waals surface area contributed by atoms with Crippen molar-refractivity contribution in [1.29, 1.82) is 0 Å². The van der Waals surface area contributed by atoms with Gasteiger partial charge in [-0.15, -0.1) is 0 Å². The lowest BCUT2D eigenvalue weighted by molar-refractivity contribution is -0.394. The predicted octanol–water partition coefficient (Wildman–Crippen LogP) is 2.11. The number of rotatable bonds is 5. The van der Waals surface area contributed by atoms with E-state index in [0.717, 1.165) is 24.4 Å². The van der Waals surface area contributed by atoms with Crippen LogP contribution in [0.4, 0.5) is 15.8 Å². The van der Waals surface area contributed by atoms with Crippen LogP contribution < -0.4 is 5.43 Å². The number of nitro groups is 2.